The van der Waals surface area contributed by atoms with Gasteiger partial charge in [-0.05, 0) is 25.5 Å². The van der Waals surface area contributed by atoms with E-state index in [0.29, 0.717) is 46.6 Å². The number of allylic oxidation sites excluding steroid dienone is 1. The van der Waals surface area contributed by atoms with Crippen molar-refractivity contribution in [3.05, 3.63) is 35.3 Å². The number of methoxy groups -OCH3 is 3. The average Bonchev–Trinajstić information content (AvgIpc) is 3.22. The predicted octanol–water partition coefficient (Wildman–Crippen LogP) is 3.33. The Morgan fingerprint density at radius 3 is 2.57 bits per heavy atom. The molecule has 2 aromatic rings. The van der Waals surface area contributed by atoms with Gasteiger partial charge >= 0.3 is 5.97 Å². The van der Waals surface area contributed by atoms with Crippen molar-refractivity contribution in [3.8, 4) is 17.2 Å². The molecule has 1 unspecified atom stereocenters. The zero-order chi connectivity index (χ0) is 21.7. The molecular formula is C21H28N4O5. The lowest BCUT2D eigenvalue weighted by Gasteiger charge is -2.29. The van der Waals surface area contributed by atoms with Gasteiger partial charge in [-0.25, -0.2) is 9.48 Å². The van der Waals surface area contributed by atoms with Crippen molar-refractivity contribution in [1.29, 1.82) is 0 Å². The number of rotatable bonds is 9. The molecule has 1 aromatic heterocycles. The summed E-state index contributed by atoms with van der Waals surface area (Å²) in [4.78, 5) is 17.3. The highest BCUT2D eigenvalue weighted by molar-refractivity contribution is 5.92. The van der Waals surface area contributed by atoms with E-state index >= 15 is 0 Å². The summed E-state index contributed by atoms with van der Waals surface area (Å²) in [5.74, 6) is 1.53. The van der Waals surface area contributed by atoms with Crippen molar-refractivity contribution in [2.24, 2.45) is 0 Å². The van der Waals surface area contributed by atoms with E-state index in [0.717, 1.165) is 19.3 Å². The van der Waals surface area contributed by atoms with E-state index in [1.807, 2.05) is 13.0 Å². The van der Waals surface area contributed by atoms with Crippen molar-refractivity contribution in [1.82, 2.24) is 14.8 Å². The first-order chi connectivity index (χ1) is 14.6. The maximum Gasteiger partial charge on any atom is 0.338 e. The molecule has 1 aliphatic heterocycles. The Balaban J connectivity index is 2.09. The van der Waals surface area contributed by atoms with Crippen LogP contribution in [-0.2, 0) is 9.53 Å². The Hall–Kier alpha value is -3.23. The summed E-state index contributed by atoms with van der Waals surface area (Å²) >= 11 is 0. The lowest BCUT2D eigenvalue weighted by Crippen LogP contribution is -2.30. The van der Waals surface area contributed by atoms with Crippen LogP contribution in [0.5, 0.6) is 17.2 Å². The van der Waals surface area contributed by atoms with Gasteiger partial charge in [0.15, 0.2) is 11.5 Å². The number of carbonyl (C=O) groups excluding carboxylic acids is 1. The molecule has 1 aliphatic rings. The average molecular weight is 416 g/mol. The monoisotopic (exact) mass is 416 g/mol. The normalized spacial score (nSPS) is 15.3. The maximum absolute atomic E-state index is 13.1. The highest BCUT2D eigenvalue weighted by atomic mass is 16.5. The number of unbranched alkanes of at least 4 members (excludes halogenated alkanes) is 2. The molecule has 0 aliphatic carbocycles. The third-order valence-electron chi connectivity index (χ3n) is 5.02. The van der Waals surface area contributed by atoms with Gasteiger partial charge in [-0.3, -0.25) is 0 Å². The van der Waals surface area contributed by atoms with Gasteiger partial charge < -0.3 is 24.3 Å². The fourth-order valence-electron chi connectivity index (χ4n) is 3.58. The molecule has 0 fully saturated rings. The molecule has 162 valence electrons. The number of ether oxygens (including phenoxy) is 4. The summed E-state index contributed by atoms with van der Waals surface area (Å²) in [7, 11) is 4.64. The minimum atomic E-state index is -0.600. The van der Waals surface area contributed by atoms with Crippen LogP contribution in [0.3, 0.4) is 0 Å². The molecule has 9 heteroatoms. The summed E-state index contributed by atoms with van der Waals surface area (Å²) in [6, 6.07) is 3.01. The number of hydrogen-bond donors (Lipinski definition) is 1. The molecule has 0 bridgehead atoms. The zero-order valence-corrected chi connectivity index (χ0v) is 18.0. The first-order valence-corrected chi connectivity index (χ1v) is 9.90. The van der Waals surface area contributed by atoms with Gasteiger partial charge in [0.1, 0.15) is 12.4 Å². The quantitative estimate of drug-likeness (QED) is 0.491. The lowest BCUT2D eigenvalue weighted by molar-refractivity contribution is -0.139. The van der Waals surface area contributed by atoms with Gasteiger partial charge in [-0.1, -0.05) is 19.8 Å². The number of anilines is 1. The number of esters is 1. The van der Waals surface area contributed by atoms with Crippen LogP contribution >= 0.6 is 0 Å². The SMILES string of the molecule is CCCCCOC(=O)C1=C(C)Nc2ncnn2C1c1ccc(OC)c(OC)c1OC. The van der Waals surface area contributed by atoms with Crippen LogP contribution in [0.1, 0.15) is 44.7 Å². The minimum Gasteiger partial charge on any atom is -0.493 e. The Morgan fingerprint density at radius 1 is 1.13 bits per heavy atom. The summed E-state index contributed by atoms with van der Waals surface area (Å²) in [6.07, 6.45) is 4.31. The summed E-state index contributed by atoms with van der Waals surface area (Å²) in [6.45, 7) is 4.29. The molecule has 30 heavy (non-hydrogen) atoms. The molecule has 3 rings (SSSR count). The highest BCUT2D eigenvalue weighted by Gasteiger charge is 2.37. The van der Waals surface area contributed by atoms with Crippen LogP contribution < -0.4 is 19.5 Å². The zero-order valence-electron chi connectivity index (χ0n) is 18.0. The molecular weight excluding hydrogens is 388 g/mol. The van der Waals surface area contributed by atoms with E-state index in [1.165, 1.54) is 13.4 Å². The van der Waals surface area contributed by atoms with Gasteiger partial charge in [0.05, 0.1) is 33.5 Å². The minimum absolute atomic E-state index is 0.365. The topological polar surface area (TPSA) is 96.7 Å². The molecule has 0 saturated heterocycles. The largest absolute Gasteiger partial charge is 0.493 e. The Morgan fingerprint density at radius 2 is 1.90 bits per heavy atom. The number of aromatic nitrogens is 3. The molecule has 1 atom stereocenters. The number of fused-ring (bicyclic) bond motifs is 1. The number of nitrogens with one attached hydrogen (secondary N) is 1. The second-order valence-electron chi connectivity index (χ2n) is 6.86. The number of nitrogens with zero attached hydrogens (tertiary/aromatic N) is 3. The summed E-state index contributed by atoms with van der Waals surface area (Å²) in [5.41, 5.74) is 1.77. The maximum atomic E-state index is 13.1. The molecule has 0 saturated carbocycles. The smallest absolute Gasteiger partial charge is 0.338 e. The number of carbonyl (C=O) groups is 1. The van der Waals surface area contributed by atoms with E-state index in [9.17, 15) is 4.79 Å². The molecule has 9 nitrogen and oxygen atoms in total. The number of hydrogen-bond acceptors (Lipinski definition) is 8. The fourth-order valence-corrected chi connectivity index (χ4v) is 3.58. The van der Waals surface area contributed by atoms with Crippen LogP contribution in [0, 0.1) is 0 Å². The molecule has 0 spiro atoms. The first kappa shape index (κ1) is 21.5. The van der Waals surface area contributed by atoms with E-state index < -0.39 is 12.0 Å². The van der Waals surface area contributed by atoms with Crippen molar-refractivity contribution in [2.75, 3.05) is 33.3 Å². The van der Waals surface area contributed by atoms with E-state index in [2.05, 4.69) is 22.3 Å². The molecule has 0 amide bonds. The van der Waals surface area contributed by atoms with Crippen molar-refractivity contribution in [2.45, 2.75) is 39.2 Å². The van der Waals surface area contributed by atoms with Gasteiger partial charge in [-0.2, -0.15) is 10.1 Å². The third kappa shape index (κ3) is 3.92. The summed E-state index contributed by atoms with van der Waals surface area (Å²) < 4.78 is 23.8. The summed E-state index contributed by atoms with van der Waals surface area (Å²) in [5, 5.41) is 7.47. The van der Waals surface area contributed by atoms with Gasteiger partial charge in [0.2, 0.25) is 11.7 Å². The van der Waals surface area contributed by atoms with E-state index in [4.69, 9.17) is 18.9 Å². The van der Waals surface area contributed by atoms with Crippen LogP contribution in [0.15, 0.2) is 29.7 Å². The molecule has 1 aromatic carbocycles. The van der Waals surface area contributed by atoms with Gasteiger partial charge in [0, 0.05) is 11.3 Å². The van der Waals surface area contributed by atoms with Crippen LogP contribution in [0.25, 0.3) is 0 Å². The van der Waals surface area contributed by atoms with Crippen molar-refractivity contribution in [3.63, 3.8) is 0 Å². The Labute approximate surface area is 176 Å². The van der Waals surface area contributed by atoms with Crippen LogP contribution in [-0.4, -0.2) is 48.7 Å². The third-order valence-corrected chi connectivity index (χ3v) is 5.02. The van der Waals surface area contributed by atoms with Gasteiger partial charge in [-0.15, -0.1) is 0 Å². The first-order valence-electron chi connectivity index (χ1n) is 9.90. The van der Waals surface area contributed by atoms with Crippen LogP contribution in [0.4, 0.5) is 5.95 Å². The lowest BCUT2D eigenvalue weighted by atomic mass is 9.94. The van der Waals surface area contributed by atoms with Crippen molar-refractivity contribution >= 4 is 11.9 Å². The Kier molecular flexibility index (Phi) is 6.81. The second kappa shape index (κ2) is 9.51. The fraction of sp³-hybridized carbons (Fsp3) is 0.476. The second-order valence-corrected chi connectivity index (χ2v) is 6.86. The van der Waals surface area contributed by atoms with E-state index in [1.54, 1.807) is 25.0 Å². The standard InChI is InChI=1S/C21H28N4O5/c1-6-7-8-11-30-20(26)16-13(2)24-21-22-12-23-25(21)17(16)14-9-10-15(27-3)19(29-5)18(14)28-4/h9-10,12,17H,6-8,11H2,1-5H3,(H,22,23,24). The Bertz CT molecular complexity index is 937. The van der Waals surface area contributed by atoms with Crippen LogP contribution in [0.2, 0.25) is 0 Å². The molecule has 2 heterocycles. The molecule has 0 radical (unpaired) electrons. The number of benzene rings is 1. The van der Waals surface area contributed by atoms with E-state index in [-0.39, 0.29) is 0 Å². The highest BCUT2D eigenvalue weighted by Crippen LogP contribution is 2.46. The predicted molar refractivity (Wildman–Crippen MR) is 111 cm³/mol. The molecule has 1 N–H and O–H groups in total. The van der Waals surface area contributed by atoms with Gasteiger partial charge in [0.25, 0.3) is 0 Å². The van der Waals surface area contributed by atoms with Crippen molar-refractivity contribution < 1.29 is 23.7 Å².